The topological polar surface area (TPSA) is 89.7 Å². The molecule has 0 radical (unpaired) electrons. The lowest BCUT2D eigenvalue weighted by Crippen LogP contribution is -2.32. The molecule has 5 aromatic rings. The van der Waals surface area contributed by atoms with E-state index in [1.165, 1.54) is 0 Å². The van der Waals surface area contributed by atoms with Crippen molar-refractivity contribution in [2.45, 2.75) is 13.5 Å². The fraction of sp³-hybridized carbons (Fsp3) is 0.107. The monoisotopic (exact) mass is 509 g/mol. The van der Waals surface area contributed by atoms with Crippen molar-refractivity contribution < 1.29 is 14.3 Å². The summed E-state index contributed by atoms with van der Waals surface area (Å²) in [7, 11) is 1.59. The highest BCUT2D eigenvalue weighted by molar-refractivity contribution is 6.31. The first-order chi connectivity index (χ1) is 17.9. The van der Waals surface area contributed by atoms with Crippen LogP contribution in [0.5, 0.6) is 5.75 Å². The van der Waals surface area contributed by atoms with Crippen LogP contribution in [0.15, 0.2) is 77.4 Å². The summed E-state index contributed by atoms with van der Waals surface area (Å²) in [4.78, 5) is 36.2. The van der Waals surface area contributed by atoms with Gasteiger partial charge in [0.15, 0.2) is 5.65 Å². The largest absolute Gasteiger partial charge is 0.497 e. The normalized spacial score (nSPS) is 14.8. The van der Waals surface area contributed by atoms with Gasteiger partial charge in [-0.1, -0.05) is 41.9 Å². The number of fused-ring (bicyclic) bond motifs is 4. The van der Waals surface area contributed by atoms with Crippen LogP contribution in [-0.4, -0.2) is 44.2 Å². The van der Waals surface area contributed by atoms with Crippen molar-refractivity contribution in [2.75, 3.05) is 7.11 Å². The van der Waals surface area contributed by atoms with E-state index < -0.39 is 11.8 Å². The Kier molecular flexibility index (Phi) is 5.46. The highest BCUT2D eigenvalue weighted by Crippen LogP contribution is 2.29. The van der Waals surface area contributed by atoms with Crippen LogP contribution in [0.2, 0.25) is 5.02 Å². The van der Waals surface area contributed by atoms with E-state index in [9.17, 15) is 9.59 Å². The summed E-state index contributed by atoms with van der Waals surface area (Å²) in [6.07, 6.45) is 1.72. The number of imide groups is 1. The lowest BCUT2D eigenvalue weighted by molar-refractivity contribution is -0.141. The number of carbonyl (C=O) groups excluding carboxylic acids is 2. The second-order valence-corrected chi connectivity index (χ2v) is 9.10. The number of benzene rings is 3. The number of aromatic nitrogens is 3. The Labute approximate surface area is 216 Å². The summed E-state index contributed by atoms with van der Waals surface area (Å²) in [6, 6.07) is 20.2. The summed E-state index contributed by atoms with van der Waals surface area (Å²) in [6.45, 7) is 1.58. The quantitative estimate of drug-likeness (QED) is 0.309. The van der Waals surface area contributed by atoms with E-state index in [0.717, 1.165) is 21.5 Å². The van der Waals surface area contributed by atoms with Gasteiger partial charge in [0.05, 0.1) is 34.9 Å². The fourth-order valence-corrected chi connectivity index (χ4v) is 4.66. The molecule has 0 spiro atoms. The third kappa shape index (κ3) is 3.91. The average Bonchev–Trinajstić information content (AvgIpc) is 3.36. The van der Waals surface area contributed by atoms with Crippen LogP contribution in [0.3, 0.4) is 0 Å². The molecule has 1 aliphatic heterocycles. The smallest absolute Gasteiger partial charge is 0.283 e. The second kappa shape index (κ2) is 8.83. The number of amides is 2. The van der Waals surface area contributed by atoms with Crippen LogP contribution in [0, 0.1) is 0 Å². The van der Waals surface area contributed by atoms with Gasteiger partial charge in [-0.25, -0.2) is 9.97 Å². The number of hydrogen-bond acceptors (Lipinski definition) is 6. The van der Waals surface area contributed by atoms with Gasteiger partial charge in [0.25, 0.3) is 11.8 Å². The third-order valence-corrected chi connectivity index (χ3v) is 6.57. The predicted molar refractivity (Wildman–Crippen MR) is 143 cm³/mol. The van der Waals surface area contributed by atoms with Crippen molar-refractivity contribution in [3.05, 3.63) is 82.9 Å². The molecule has 0 bridgehead atoms. The van der Waals surface area contributed by atoms with E-state index >= 15 is 0 Å². The van der Waals surface area contributed by atoms with Gasteiger partial charge in [0.2, 0.25) is 0 Å². The third-order valence-electron chi connectivity index (χ3n) is 6.33. The average molecular weight is 510 g/mol. The van der Waals surface area contributed by atoms with E-state index in [4.69, 9.17) is 26.3 Å². The molecule has 182 valence electrons. The molecule has 0 atom stereocenters. The molecule has 8 nitrogen and oxygen atoms in total. The van der Waals surface area contributed by atoms with Crippen LogP contribution in [0.25, 0.3) is 39.2 Å². The molecule has 0 aliphatic carbocycles. The van der Waals surface area contributed by atoms with Gasteiger partial charge in [-0.2, -0.15) is 10.1 Å². The minimum absolute atomic E-state index is 0.129. The number of hydrogen-bond donors (Lipinski definition) is 0. The molecule has 0 unspecified atom stereocenters. The first-order valence-electron chi connectivity index (χ1n) is 11.6. The van der Waals surface area contributed by atoms with E-state index in [1.54, 1.807) is 42.9 Å². The number of hydrazone groups is 1. The number of carbonyl (C=O) groups is 2. The maximum absolute atomic E-state index is 13.4. The summed E-state index contributed by atoms with van der Waals surface area (Å²) in [5.74, 6) is -0.222. The van der Waals surface area contributed by atoms with E-state index in [1.807, 2.05) is 48.5 Å². The van der Waals surface area contributed by atoms with Crippen LogP contribution in [0.4, 0.5) is 0 Å². The standard InChI is InChI=1S/C28H20ClN5O3/c1-16-21(13-17-7-10-19(37-2)11-8-17)28(36)34(32-16)25(35)15-33-24-6-4-3-5-20(24)26-27(33)31-22-12-9-18(29)14-23(22)30-26/h3-14H,15H2,1-2H3/b21-13+. The van der Waals surface area contributed by atoms with Gasteiger partial charge in [-0.05, 0) is 55.0 Å². The lowest BCUT2D eigenvalue weighted by Gasteiger charge is -2.12. The number of rotatable bonds is 4. The maximum atomic E-state index is 13.4. The SMILES string of the molecule is COc1ccc(/C=C2/C(=O)N(C(=O)Cn3c4ccccc4c4nc5cc(Cl)ccc5nc43)N=C2C)cc1. The minimum atomic E-state index is -0.469. The Morgan fingerprint density at radius 1 is 1.03 bits per heavy atom. The zero-order valence-electron chi connectivity index (χ0n) is 20.0. The van der Waals surface area contributed by atoms with Crippen molar-refractivity contribution in [2.24, 2.45) is 5.10 Å². The van der Waals surface area contributed by atoms with Gasteiger partial charge < -0.3 is 9.30 Å². The number of nitrogens with zero attached hydrogens (tertiary/aromatic N) is 5. The Bertz CT molecular complexity index is 1800. The van der Waals surface area contributed by atoms with Gasteiger partial charge >= 0.3 is 0 Å². The molecular formula is C28H20ClN5O3. The Morgan fingerprint density at radius 2 is 1.81 bits per heavy atom. The van der Waals surface area contributed by atoms with Crippen LogP contribution < -0.4 is 4.74 Å². The molecule has 2 amide bonds. The molecule has 0 saturated heterocycles. The van der Waals surface area contributed by atoms with Crippen molar-refractivity contribution in [3.63, 3.8) is 0 Å². The number of para-hydroxylation sites is 1. The first-order valence-corrected chi connectivity index (χ1v) is 11.9. The molecular weight excluding hydrogens is 490 g/mol. The highest BCUT2D eigenvalue weighted by atomic mass is 35.5. The molecule has 3 heterocycles. The van der Waals surface area contributed by atoms with Crippen LogP contribution >= 0.6 is 11.6 Å². The van der Waals surface area contributed by atoms with Crippen LogP contribution in [0.1, 0.15) is 12.5 Å². The summed E-state index contributed by atoms with van der Waals surface area (Å²) in [5.41, 5.74) is 4.95. The van der Waals surface area contributed by atoms with Crippen molar-refractivity contribution >= 4 is 68.3 Å². The molecule has 2 aromatic heterocycles. The molecule has 0 N–H and O–H groups in total. The Hall–Kier alpha value is -4.56. The summed E-state index contributed by atoms with van der Waals surface area (Å²) >= 11 is 6.16. The Balaban J connectivity index is 1.37. The second-order valence-electron chi connectivity index (χ2n) is 8.66. The van der Waals surface area contributed by atoms with Gasteiger partial charge in [0.1, 0.15) is 17.8 Å². The zero-order chi connectivity index (χ0) is 25.7. The van der Waals surface area contributed by atoms with E-state index in [0.29, 0.717) is 44.3 Å². The minimum Gasteiger partial charge on any atom is -0.497 e. The van der Waals surface area contributed by atoms with E-state index in [-0.39, 0.29) is 6.54 Å². The summed E-state index contributed by atoms with van der Waals surface area (Å²) < 4.78 is 6.96. The zero-order valence-corrected chi connectivity index (χ0v) is 20.7. The maximum Gasteiger partial charge on any atom is 0.283 e. The van der Waals surface area contributed by atoms with E-state index in [2.05, 4.69) is 5.10 Å². The van der Waals surface area contributed by atoms with Crippen molar-refractivity contribution in [1.29, 1.82) is 0 Å². The molecule has 1 aliphatic rings. The first kappa shape index (κ1) is 22.9. The number of halogens is 1. The molecule has 6 rings (SSSR count). The lowest BCUT2D eigenvalue weighted by atomic mass is 10.1. The predicted octanol–water partition coefficient (Wildman–Crippen LogP) is 5.23. The molecule has 0 fully saturated rings. The van der Waals surface area contributed by atoms with Gasteiger partial charge in [-0.3, -0.25) is 9.59 Å². The molecule has 9 heteroatoms. The fourth-order valence-electron chi connectivity index (χ4n) is 4.49. The number of ether oxygens (including phenoxy) is 1. The summed E-state index contributed by atoms with van der Waals surface area (Å²) in [5, 5.41) is 6.63. The van der Waals surface area contributed by atoms with Gasteiger partial charge in [0, 0.05) is 10.4 Å². The Morgan fingerprint density at radius 3 is 2.59 bits per heavy atom. The highest BCUT2D eigenvalue weighted by Gasteiger charge is 2.33. The molecule has 0 saturated carbocycles. The molecule has 3 aromatic carbocycles. The molecule has 37 heavy (non-hydrogen) atoms. The number of methoxy groups -OCH3 is 1. The van der Waals surface area contributed by atoms with Crippen molar-refractivity contribution in [1.82, 2.24) is 19.5 Å². The van der Waals surface area contributed by atoms with Crippen molar-refractivity contribution in [3.8, 4) is 5.75 Å². The van der Waals surface area contributed by atoms with Gasteiger partial charge in [-0.15, -0.1) is 0 Å². The van der Waals surface area contributed by atoms with Crippen LogP contribution in [-0.2, 0) is 16.1 Å².